The van der Waals surface area contributed by atoms with E-state index in [4.69, 9.17) is 18.9 Å². The van der Waals surface area contributed by atoms with Gasteiger partial charge >= 0.3 is 0 Å². The van der Waals surface area contributed by atoms with Crippen molar-refractivity contribution >= 4 is 0 Å². The molecular formula is C35H66O10. The van der Waals surface area contributed by atoms with Crippen molar-refractivity contribution in [3.63, 3.8) is 0 Å². The number of unbranched alkanes of at least 4 members (excludes halogenated alkanes) is 8. The van der Waals surface area contributed by atoms with E-state index in [2.05, 4.69) is 20.8 Å². The molecule has 3 fully saturated rings. The van der Waals surface area contributed by atoms with Crippen molar-refractivity contribution < 1.29 is 49.6 Å². The molecule has 6 N–H and O–H groups in total. The second-order valence-corrected chi connectivity index (χ2v) is 14.4. The molecule has 12 atom stereocenters. The van der Waals surface area contributed by atoms with Crippen molar-refractivity contribution in [3.05, 3.63) is 0 Å². The molecule has 0 bridgehead atoms. The van der Waals surface area contributed by atoms with Crippen molar-refractivity contribution in [2.75, 3.05) is 13.2 Å². The van der Waals surface area contributed by atoms with Gasteiger partial charge in [0.05, 0.1) is 19.3 Å². The van der Waals surface area contributed by atoms with E-state index >= 15 is 0 Å². The van der Waals surface area contributed by atoms with Gasteiger partial charge in [-0.15, -0.1) is 0 Å². The summed E-state index contributed by atoms with van der Waals surface area (Å²) in [6.07, 6.45) is 5.89. The van der Waals surface area contributed by atoms with Crippen molar-refractivity contribution in [1.29, 1.82) is 0 Å². The first-order valence-corrected chi connectivity index (χ1v) is 18.1. The van der Waals surface area contributed by atoms with Crippen molar-refractivity contribution in [2.45, 2.75) is 192 Å². The van der Waals surface area contributed by atoms with Crippen LogP contribution in [-0.4, -0.2) is 105 Å². The van der Waals surface area contributed by atoms with Crippen molar-refractivity contribution in [3.8, 4) is 0 Å². The minimum absolute atomic E-state index is 0.0793. The summed E-state index contributed by atoms with van der Waals surface area (Å²) in [5.41, 5.74) is -1.78. The summed E-state index contributed by atoms with van der Waals surface area (Å²) in [6, 6.07) is 0. The van der Waals surface area contributed by atoms with E-state index in [1.807, 2.05) is 0 Å². The van der Waals surface area contributed by atoms with E-state index in [1.54, 1.807) is 6.92 Å². The van der Waals surface area contributed by atoms with Gasteiger partial charge in [-0.2, -0.15) is 0 Å². The van der Waals surface area contributed by atoms with Gasteiger partial charge in [-0.05, 0) is 56.3 Å². The maximum Gasteiger partial charge on any atom is 0.187 e. The largest absolute Gasteiger partial charge is 0.394 e. The molecule has 10 heteroatoms. The Hall–Kier alpha value is -0.400. The summed E-state index contributed by atoms with van der Waals surface area (Å²) in [5, 5.41) is 63.6. The summed E-state index contributed by atoms with van der Waals surface area (Å²) in [5.74, 6) is 1.47. The highest BCUT2D eigenvalue weighted by Gasteiger charge is 2.57. The molecular weight excluding hydrogens is 580 g/mol. The molecule has 3 rings (SSSR count). The molecule has 2 aliphatic heterocycles. The molecule has 45 heavy (non-hydrogen) atoms. The lowest BCUT2D eigenvalue weighted by Gasteiger charge is -2.51. The maximum atomic E-state index is 11.3. The Kier molecular flexibility index (Phi) is 16.0. The van der Waals surface area contributed by atoms with Crippen molar-refractivity contribution in [2.24, 2.45) is 17.3 Å². The molecule has 0 aromatic carbocycles. The standard InChI is InChI=1S/C35H66O10/c1-6-10-11-12-13-14-15-16-17-18-23-19-24(23)20-35(8-3,9-4)22-42-32-30(40)31(41)34(5,26(21-36)44-32)45-33-29(39)28(38)27(37)25(7-2)43-33/h23-33,36-41H,6-22H2,1-5H3. The zero-order chi connectivity index (χ0) is 33.2. The first-order valence-electron chi connectivity index (χ1n) is 18.1. The van der Waals surface area contributed by atoms with Gasteiger partial charge in [-0.25, -0.2) is 0 Å². The molecule has 0 amide bonds. The fourth-order valence-electron chi connectivity index (χ4n) is 7.41. The quantitative estimate of drug-likeness (QED) is 0.0999. The third-order valence-corrected chi connectivity index (χ3v) is 11.2. The smallest absolute Gasteiger partial charge is 0.187 e. The molecule has 0 aromatic rings. The molecule has 1 aliphatic carbocycles. The number of aliphatic hydroxyl groups excluding tert-OH is 6. The van der Waals surface area contributed by atoms with Crippen LogP contribution in [0.15, 0.2) is 0 Å². The molecule has 3 aliphatic rings. The highest BCUT2D eigenvalue weighted by atomic mass is 16.7. The first-order chi connectivity index (χ1) is 21.5. The van der Waals surface area contributed by atoms with E-state index in [0.29, 0.717) is 18.9 Å². The predicted octanol–water partition coefficient (Wildman–Crippen LogP) is 4.19. The Morgan fingerprint density at radius 2 is 1.36 bits per heavy atom. The van der Waals surface area contributed by atoms with Crippen molar-refractivity contribution in [1.82, 2.24) is 0 Å². The highest BCUT2D eigenvalue weighted by Crippen LogP contribution is 2.51. The third-order valence-electron chi connectivity index (χ3n) is 11.2. The second kappa shape index (κ2) is 18.4. The number of ether oxygens (including phenoxy) is 4. The lowest BCUT2D eigenvalue weighted by molar-refractivity contribution is -0.387. The van der Waals surface area contributed by atoms with Gasteiger partial charge in [0.1, 0.15) is 42.2 Å². The molecule has 12 unspecified atom stereocenters. The highest BCUT2D eigenvalue weighted by molar-refractivity contribution is 5.02. The SMILES string of the molecule is CCCCCCCCCCCC1CC1CC(CC)(CC)COC1OC(CO)C(C)(OC2OC(CC)C(O)C(O)C2O)C(O)C1O. The second-order valence-electron chi connectivity index (χ2n) is 14.4. The summed E-state index contributed by atoms with van der Waals surface area (Å²) in [4.78, 5) is 0. The van der Waals surface area contributed by atoms with Gasteiger partial charge in [0.15, 0.2) is 12.6 Å². The Morgan fingerprint density at radius 3 is 1.93 bits per heavy atom. The Bertz CT molecular complexity index is 820. The van der Waals surface area contributed by atoms with E-state index < -0.39 is 67.5 Å². The average Bonchev–Trinajstić information content (AvgIpc) is 3.79. The summed E-state index contributed by atoms with van der Waals surface area (Å²) in [7, 11) is 0. The van der Waals surface area contributed by atoms with Crippen LogP contribution in [0.3, 0.4) is 0 Å². The number of aliphatic hydroxyl groups is 6. The number of hydrogen-bond donors (Lipinski definition) is 6. The van der Waals surface area contributed by atoms with Crippen LogP contribution in [0.25, 0.3) is 0 Å². The molecule has 0 spiro atoms. The molecule has 0 aromatic heterocycles. The fraction of sp³-hybridized carbons (Fsp3) is 1.00. The number of rotatable bonds is 21. The van der Waals surface area contributed by atoms with Crippen LogP contribution in [0, 0.1) is 17.3 Å². The zero-order valence-electron chi connectivity index (χ0n) is 28.7. The fourth-order valence-corrected chi connectivity index (χ4v) is 7.41. The van der Waals surface area contributed by atoms with Gasteiger partial charge in [-0.3, -0.25) is 0 Å². The number of hydrogen-bond acceptors (Lipinski definition) is 10. The normalized spacial score (nSPS) is 38.9. The average molecular weight is 647 g/mol. The monoisotopic (exact) mass is 646 g/mol. The molecule has 266 valence electrons. The molecule has 0 radical (unpaired) electrons. The van der Waals surface area contributed by atoms with Gasteiger partial charge in [0.25, 0.3) is 0 Å². The summed E-state index contributed by atoms with van der Waals surface area (Å²) >= 11 is 0. The Balaban J connectivity index is 1.50. The summed E-state index contributed by atoms with van der Waals surface area (Å²) in [6.45, 7) is 9.61. The predicted molar refractivity (Wildman–Crippen MR) is 171 cm³/mol. The molecule has 2 saturated heterocycles. The minimum atomic E-state index is -1.71. The van der Waals surface area contributed by atoms with E-state index in [1.165, 1.54) is 77.6 Å². The minimum Gasteiger partial charge on any atom is -0.394 e. The van der Waals surface area contributed by atoms with E-state index in [0.717, 1.165) is 25.2 Å². The molecule has 10 nitrogen and oxygen atoms in total. The van der Waals surface area contributed by atoms with Gasteiger partial charge in [0.2, 0.25) is 0 Å². The lowest BCUT2D eigenvalue weighted by Crippen LogP contribution is -2.70. The van der Waals surface area contributed by atoms with Crippen LogP contribution in [0.4, 0.5) is 0 Å². The van der Waals surface area contributed by atoms with Crippen LogP contribution < -0.4 is 0 Å². The Morgan fingerprint density at radius 1 is 0.733 bits per heavy atom. The topological polar surface area (TPSA) is 158 Å². The van der Waals surface area contributed by atoms with Gasteiger partial charge in [-0.1, -0.05) is 91.9 Å². The van der Waals surface area contributed by atoms with Gasteiger partial charge < -0.3 is 49.6 Å². The van der Waals surface area contributed by atoms with E-state index in [-0.39, 0.29) is 5.41 Å². The molecule has 2 heterocycles. The van der Waals surface area contributed by atoms with Gasteiger partial charge in [0, 0.05) is 0 Å². The maximum absolute atomic E-state index is 11.3. The zero-order valence-corrected chi connectivity index (χ0v) is 28.7. The third kappa shape index (κ3) is 10.1. The Labute approximate surface area is 271 Å². The van der Waals surface area contributed by atoms with Crippen LogP contribution in [0.5, 0.6) is 0 Å². The van der Waals surface area contributed by atoms with Crippen LogP contribution in [-0.2, 0) is 18.9 Å². The van der Waals surface area contributed by atoms with Crippen LogP contribution in [0.1, 0.15) is 131 Å². The van der Waals surface area contributed by atoms with Crippen LogP contribution >= 0.6 is 0 Å². The van der Waals surface area contributed by atoms with Crippen LogP contribution in [0.2, 0.25) is 0 Å². The summed E-state index contributed by atoms with van der Waals surface area (Å²) < 4.78 is 23.8. The molecule has 1 saturated carbocycles. The van der Waals surface area contributed by atoms with E-state index in [9.17, 15) is 30.6 Å². The first kappa shape index (κ1) is 39.0. The lowest BCUT2D eigenvalue weighted by atomic mass is 9.77.